The summed E-state index contributed by atoms with van der Waals surface area (Å²) in [6, 6.07) is 4.07. The molecule has 1 amide bonds. The highest BCUT2D eigenvalue weighted by atomic mass is 127. The summed E-state index contributed by atoms with van der Waals surface area (Å²) in [5.74, 6) is -0.408. The average molecular weight is 478 g/mol. The summed E-state index contributed by atoms with van der Waals surface area (Å²) in [6.45, 7) is 3.26. The van der Waals surface area contributed by atoms with Crippen LogP contribution < -0.4 is 10.6 Å². The smallest absolute Gasteiger partial charge is 0.222 e. The Labute approximate surface area is 169 Å². The van der Waals surface area contributed by atoms with Crippen LogP contribution in [0.1, 0.15) is 37.7 Å². The van der Waals surface area contributed by atoms with Crippen molar-refractivity contribution < 1.29 is 13.6 Å². The number of amides is 1. The number of carbonyl (C=O) groups is 1. The van der Waals surface area contributed by atoms with Crippen molar-refractivity contribution in [3.63, 3.8) is 0 Å². The summed E-state index contributed by atoms with van der Waals surface area (Å²) >= 11 is 0. The number of rotatable bonds is 4. The molecule has 1 aliphatic carbocycles. The Morgan fingerprint density at radius 3 is 2.62 bits per heavy atom. The van der Waals surface area contributed by atoms with Crippen molar-refractivity contribution in [3.05, 3.63) is 35.4 Å². The molecule has 1 saturated heterocycles. The van der Waals surface area contributed by atoms with E-state index >= 15 is 0 Å². The first-order valence-electron chi connectivity index (χ1n) is 8.75. The van der Waals surface area contributed by atoms with Crippen LogP contribution in [-0.4, -0.2) is 49.0 Å². The van der Waals surface area contributed by atoms with Gasteiger partial charge in [-0.2, -0.15) is 0 Å². The van der Waals surface area contributed by atoms with Crippen molar-refractivity contribution in [1.82, 2.24) is 15.5 Å². The largest absolute Gasteiger partial charge is 0.353 e. The molecule has 0 aromatic heterocycles. The van der Waals surface area contributed by atoms with Gasteiger partial charge in [0, 0.05) is 50.1 Å². The van der Waals surface area contributed by atoms with Crippen molar-refractivity contribution in [2.75, 3.05) is 20.1 Å². The molecule has 3 rings (SSSR count). The van der Waals surface area contributed by atoms with Crippen LogP contribution in [0.5, 0.6) is 0 Å². The second-order valence-electron chi connectivity index (χ2n) is 6.62. The van der Waals surface area contributed by atoms with Gasteiger partial charge in [0.1, 0.15) is 11.6 Å². The molecule has 2 fully saturated rings. The van der Waals surface area contributed by atoms with Crippen LogP contribution in [0.25, 0.3) is 0 Å². The van der Waals surface area contributed by atoms with Gasteiger partial charge in [-0.05, 0) is 25.0 Å². The van der Waals surface area contributed by atoms with E-state index in [9.17, 15) is 13.6 Å². The Bertz CT molecular complexity index is 665. The minimum absolute atomic E-state index is 0. The van der Waals surface area contributed by atoms with E-state index in [1.807, 2.05) is 11.8 Å². The molecule has 1 aliphatic heterocycles. The van der Waals surface area contributed by atoms with Gasteiger partial charge in [-0.3, -0.25) is 9.79 Å². The van der Waals surface area contributed by atoms with E-state index in [0.717, 1.165) is 13.0 Å². The van der Waals surface area contributed by atoms with Crippen LogP contribution in [0.2, 0.25) is 0 Å². The molecule has 144 valence electrons. The lowest BCUT2D eigenvalue weighted by Gasteiger charge is -2.19. The van der Waals surface area contributed by atoms with Crippen LogP contribution in [0, 0.1) is 11.6 Å². The van der Waals surface area contributed by atoms with Gasteiger partial charge in [0.15, 0.2) is 5.96 Å². The topological polar surface area (TPSA) is 56.7 Å². The van der Waals surface area contributed by atoms with Gasteiger partial charge in [-0.25, -0.2) is 8.78 Å². The monoisotopic (exact) mass is 478 g/mol. The third-order valence-corrected chi connectivity index (χ3v) is 4.89. The van der Waals surface area contributed by atoms with Crippen LogP contribution in [0.15, 0.2) is 23.2 Å². The number of benzene rings is 1. The standard InChI is InChI=1S/C18H24F2N4O.HI/c1-3-16(25)24-8-7-11(10-24)22-18(21-2)23-15-9-12(15)17-13(19)5-4-6-14(17)20;/h4-6,11-12,15H,3,7-10H2,1-2H3,(H2,21,22,23);1H. The second-order valence-corrected chi connectivity index (χ2v) is 6.62. The fraction of sp³-hybridized carbons (Fsp3) is 0.556. The van der Waals surface area contributed by atoms with Gasteiger partial charge < -0.3 is 15.5 Å². The Morgan fingerprint density at radius 2 is 2.00 bits per heavy atom. The molecule has 2 aliphatic rings. The van der Waals surface area contributed by atoms with Crippen molar-refractivity contribution in [3.8, 4) is 0 Å². The van der Waals surface area contributed by atoms with Crippen LogP contribution >= 0.6 is 24.0 Å². The highest BCUT2D eigenvalue weighted by Gasteiger charge is 2.42. The third kappa shape index (κ3) is 4.63. The fourth-order valence-corrected chi connectivity index (χ4v) is 3.41. The molecule has 0 spiro atoms. The van der Waals surface area contributed by atoms with Gasteiger partial charge in [0.2, 0.25) is 5.91 Å². The summed E-state index contributed by atoms with van der Waals surface area (Å²) in [4.78, 5) is 17.8. The molecule has 5 nitrogen and oxygen atoms in total. The predicted octanol–water partition coefficient (Wildman–Crippen LogP) is 2.61. The van der Waals surface area contributed by atoms with Crippen molar-refractivity contribution in [1.29, 1.82) is 0 Å². The zero-order chi connectivity index (χ0) is 18.0. The van der Waals surface area contributed by atoms with E-state index in [1.54, 1.807) is 7.05 Å². The summed E-state index contributed by atoms with van der Waals surface area (Å²) < 4.78 is 27.7. The minimum Gasteiger partial charge on any atom is -0.353 e. The zero-order valence-corrected chi connectivity index (χ0v) is 17.3. The van der Waals surface area contributed by atoms with E-state index < -0.39 is 11.6 Å². The van der Waals surface area contributed by atoms with Crippen LogP contribution in [0.3, 0.4) is 0 Å². The zero-order valence-electron chi connectivity index (χ0n) is 15.0. The highest BCUT2D eigenvalue weighted by Crippen LogP contribution is 2.43. The molecule has 2 N–H and O–H groups in total. The minimum atomic E-state index is -0.498. The van der Waals surface area contributed by atoms with E-state index in [-0.39, 0.29) is 53.4 Å². The molecule has 8 heteroatoms. The maximum atomic E-state index is 13.9. The summed E-state index contributed by atoms with van der Waals surface area (Å²) in [7, 11) is 1.67. The number of guanidine groups is 1. The van der Waals surface area contributed by atoms with Gasteiger partial charge in [-0.1, -0.05) is 13.0 Å². The lowest BCUT2D eigenvalue weighted by Crippen LogP contribution is -2.46. The van der Waals surface area contributed by atoms with Crippen molar-refractivity contribution in [2.24, 2.45) is 4.99 Å². The third-order valence-electron chi connectivity index (χ3n) is 4.89. The van der Waals surface area contributed by atoms with E-state index in [0.29, 0.717) is 25.3 Å². The first-order valence-corrected chi connectivity index (χ1v) is 8.75. The van der Waals surface area contributed by atoms with Gasteiger partial charge in [-0.15, -0.1) is 24.0 Å². The van der Waals surface area contributed by atoms with Crippen molar-refractivity contribution >= 4 is 35.8 Å². The molecule has 1 heterocycles. The molecule has 3 unspecified atom stereocenters. The van der Waals surface area contributed by atoms with Crippen LogP contribution in [-0.2, 0) is 4.79 Å². The Kier molecular flexibility index (Phi) is 7.19. The molecular weight excluding hydrogens is 453 g/mol. The van der Waals surface area contributed by atoms with Gasteiger partial charge >= 0.3 is 0 Å². The molecule has 26 heavy (non-hydrogen) atoms. The van der Waals surface area contributed by atoms with Crippen molar-refractivity contribution in [2.45, 2.75) is 44.2 Å². The number of nitrogens with zero attached hydrogens (tertiary/aromatic N) is 2. The molecule has 3 atom stereocenters. The molecule has 1 aromatic carbocycles. The lowest BCUT2D eigenvalue weighted by atomic mass is 10.1. The summed E-state index contributed by atoms with van der Waals surface area (Å²) in [5, 5.41) is 6.54. The maximum absolute atomic E-state index is 13.9. The number of hydrogen-bond acceptors (Lipinski definition) is 2. The van der Waals surface area contributed by atoms with E-state index in [4.69, 9.17) is 0 Å². The van der Waals surface area contributed by atoms with E-state index in [2.05, 4.69) is 15.6 Å². The number of hydrogen-bond donors (Lipinski definition) is 2. The first-order chi connectivity index (χ1) is 12.0. The fourth-order valence-electron chi connectivity index (χ4n) is 3.41. The SMILES string of the molecule is CCC(=O)N1CCC(NC(=NC)NC2CC2c2c(F)cccc2F)C1.I. The van der Waals surface area contributed by atoms with Crippen LogP contribution in [0.4, 0.5) is 8.78 Å². The number of nitrogens with one attached hydrogen (secondary N) is 2. The average Bonchev–Trinajstić information content (AvgIpc) is 3.17. The lowest BCUT2D eigenvalue weighted by molar-refractivity contribution is -0.129. The molecule has 0 radical (unpaired) electrons. The predicted molar refractivity (Wildman–Crippen MR) is 108 cm³/mol. The van der Waals surface area contributed by atoms with E-state index in [1.165, 1.54) is 18.2 Å². The Balaban J connectivity index is 0.00000243. The number of halogens is 3. The maximum Gasteiger partial charge on any atom is 0.222 e. The normalized spacial score (nSPS) is 24.8. The summed E-state index contributed by atoms with van der Waals surface area (Å²) in [5.41, 5.74) is 0.149. The Hall–Kier alpha value is -1.45. The first kappa shape index (κ1) is 20.9. The number of aliphatic imine (C=N–C) groups is 1. The second kappa shape index (κ2) is 8.96. The van der Waals surface area contributed by atoms with Gasteiger partial charge in [0.25, 0.3) is 0 Å². The van der Waals surface area contributed by atoms with Gasteiger partial charge in [0.05, 0.1) is 0 Å². The Morgan fingerprint density at radius 1 is 1.31 bits per heavy atom. The number of carbonyl (C=O) groups excluding carboxylic acids is 1. The molecular formula is C18H25F2IN4O. The highest BCUT2D eigenvalue weighted by molar-refractivity contribution is 14.0. The molecule has 1 saturated carbocycles. The number of likely N-dealkylation sites (tertiary alicyclic amines) is 1. The summed E-state index contributed by atoms with van der Waals surface area (Å²) in [6.07, 6.45) is 2.05. The quantitative estimate of drug-likeness (QED) is 0.398. The molecule has 1 aromatic rings. The molecule has 0 bridgehead atoms.